The molecule has 0 rings (SSSR count). The molecule has 43 valence electrons. The van der Waals surface area contributed by atoms with Crippen LogP contribution >= 0.6 is 0 Å². The zero-order valence-electron chi connectivity index (χ0n) is 4.79. The second-order valence-corrected chi connectivity index (χ2v) is 0.428. The largest absolute Gasteiger partial charge is 3.00 e. The summed E-state index contributed by atoms with van der Waals surface area (Å²) >= 11 is 0. The predicted molar refractivity (Wildman–Crippen MR) is 31.9 cm³/mol. The number of hydrogen-bond donors (Lipinski definition) is 0. The Kier molecular flexibility index (Phi) is 141. The molecule has 0 saturated heterocycles. The van der Waals surface area contributed by atoms with Gasteiger partial charge in [-0.15, -0.1) is 0 Å². The Labute approximate surface area is 60.1 Å². The Balaban J connectivity index is -0.0000000150. The molecule has 0 spiro atoms. The molecule has 0 heterocycles. The van der Waals surface area contributed by atoms with E-state index < -0.39 is 0 Å². The standard InChI is InChI=1S/C4H5.2CH3.Ru/c1-3-4-2;;;/h1,3-4H,2H2;2*1H3;/q3*-1;+3. The molecule has 1 radical (unpaired) electrons. The topological polar surface area (TPSA) is 0 Å². The first-order chi connectivity index (χ1) is 1.91. The molecule has 0 unspecified atom stereocenters. The maximum Gasteiger partial charge on any atom is 3.00 e. The van der Waals surface area contributed by atoms with Crippen molar-refractivity contribution in [3.05, 3.63) is 40.2 Å². The normalized spacial score (nSPS) is 2.86. The van der Waals surface area contributed by atoms with Crippen LogP contribution in [0.5, 0.6) is 0 Å². The molecule has 0 aromatic heterocycles. The maximum atomic E-state index is 4.78. The van der Waals surface area contributed by atoms with Gasteiger partial charge in [-0.1, -0.05) is 0 Å². The third-order valence-corrected chi connectivity index (χ3v) is 0.136. The first-order valence-electron chi connectivity index (χ1n) is 1.07. The summed E-state index contributed by atoms with van der Waals surface area (Å²) in [6, 6.07) is 0. The Morgan fingerprint density at radius 3 is 1.43 bits per heavy atom. The van der Waals surface area contributed by atoms with Crippen LogP contribution in [0.4, 0.5) is 0 Å². The van der Waals surface area contributed by atoms with Crippen LogP contribution in [0.15, 0.2) is 18.7 Å². The van der Waals surface area contributed by atoms with Crippen molar-refractivity contribution < 1.29 is 19.5 Å². The van der Waals surface area contributed by atoms with Crippen LogP contribution in [-0.2, 0) is 19.5 Å². The third-order valence-electron chi connectivity index (χ3n) is 0.136. The Bertz CT molecular complexity index is 25.2. The molecule has 0 N–H and O–H groups in total. The molecule has 0 bridgehead atoms. The molecule has 0 aliphatic rings. The maximum absolute atomic E-state index is 4.78. The molecular weight excluding hydrogens is 173 g/mol. The molecule has 0 aliphatic heterocycles. The monoisotopic (exact) mass is 185 g/mol. The molecule has 7 heavy (non-hydrogen) atoms. The van der Waals surface area contributed by atoms with E-state index in [2.05, 4.69) is 6.58 Å². The van der Waals surface area contributed by atoms with Gasteiger partial charge in [0.25, 0.3) is 0 Å². The van der Waals surface area contributed by atoms with E-state index in [1.807, 2.05) is 0 Å². The summed E-state index contributed by atoms with van der Waals surface area (Å²) in [6.45, 7) is 8.08. The molecule has 0 aromatic carbocycles. The molecule has 0 fully saturated rings. The van der Waals surface area contributed by atoms with Crippen molar-refractivity contribution in [1.29, 1.82) is 0 Å². The summed E-state index contributed by atoms with van der Waals surface area (Å²) in [5, 5.41) is 0. The van der Waals surface area contributed by atoms with Gasteiger partial charge in [0.1, 0.15) is 0 Å². The second kappa shape index (κ2) is 35.9. The fourth-order valence-electron chi connectivity index (χ4n) is 0. The van der Waals surface area contributed by atoms with E-state index in [-0.39, 0.29) is 34.3 Å². The van der Waals surface area contributed by atoms with Gasteiger partial charge in [-0.05, 0) is 0 Å². The van der Waals surface area contributed by atoms with Crippen molar-refractivity contribution in [1.82, 2.24) is 0 Å². The van der Waals surface area contributed by atoms with Gasteiger partial charge in [0, 0.05) is 0 Å². The van der Waals surface area contributed by atoms with Crippen molar-refractivity contribution in [3.63, 3.8) is 0 Å². The summed E-state index contributed by atoms with van der Waals surface area (Å²) in [6.07, 6.45) is 2.92. The summed E-state index contributed by atoms with van der Waals surface area (Å²) in [4.78, 5) is 0. The molecule has 0 aromatic rings. The molecular formula is C6H11Ru. The van der Waals surface area contributed by atoms with Gasteiger partial charge in [0.2, 0.25) is 0 Å². The van der Waals surface area contributed by atoms with E-state index >= 15 is 0 Å². The van der Waals surface area contributed by atoms with Crippen molar-refractivity contribution in [2.75, 3.05) is 0 Å². The van der Waals surface area contributed by atoms with Gasteiger partial charge in [-0.3, -0.25) is 6.58 Å². The van der Waals surface area contributed by atoms with Crippen LogP contribution in [0.2, 0.25) is 0 Å². The minimum absolute atomic E-state index is 0. The average Bonchev–Trinajstić information content (AvgIpc) is 1.37. The van der Waals surface area contributed by atoms with Crippen LogP contribution < -0.4 is 0 Å². The number of hydrogen-bond acceptors (Lipinski definition) is 0. The number of allylic oxidation sites excluding steroid dienone is 2. The van der Waals surface area contributed by atoms with Crippen LogP contribution in [0.1, 0.15) is 0 Å². The van der Waals surface area contributed by atoms with Crippen LogP contribution in [0, 0.1) is 21.4 Å². The fourth-order valence-corrected chi connectivity index (χ4v) is 0. The van der Waals surface area contributed by atoms with Gasteiger partial charge in [-0.2, -0.15) is 6.58 Å². The van der Waals surface area contributed by atoms with E-state index in [1.54, 1.807) is 0 Å². The van der Waals surface area contributed by atoms with E-state index in [9.17, 15) is 0 Å². The van der Waals surface area contributed by atoms with Gasteiger partial charge < -0.3 is 14.9 Å². The van der Waals surface area contributed by atoms with Gasteiger partial charge in [-0.25, -0.2) is 12.2 Å². The van der Waals surface area contributed by atoms with Crippen LogP contribution in [0.3, 0.4) is 0 Å². The predicted octanol–water partition coefficient (Wildman–Crippen LogP) is 2.06. The molecule has 1 heteroatoms. The molecule has 0 atom stereocenters. The molecule has 0 saturated carbocycles. The van der Waals surface area contributed by atoms with E-state index in [0.717, 1.165) is 0 Å². The first kappa shape index (κ1) is 27.5. The van der Waals surface area contributed by atoms with Gasteiger partial charge >= 0.3 is 19.5 Å². The van der Waals surface area contributed by atoms with E-state index in [4.69, 9.17) is 6.58 Å². The van der Waals surface area contributed by atoms with E-state index in [1.165, 1.54) is 12.2 Å². The van der Waals surface area contributed by atoms with Gasteiger partial charge in [0.15, 0.2) is 0 Å². The molecule has 0 amide bonds. The van der Waals surface area contributed by atoms with Gasteiger partial charge in [0.05, 0.1) is 0 Å². The Morgan fingerprint density at radius 1 is 1.29 bits per heavy atom. The van der Waals surface area contributed by atoms with Crippen molar-refractivity contribution in [2.45, 2.75) is 0 Å². The Morgan fingerprint density at radius 2 is 1.43 bits per heavy atom. The van der Waals surface area contributed by atoms with Crippen molar-refractivity contribution in [3.8, 4) is 0 Å². The minimum atomic E-state index is 0. The summed E-state index contributed by atoms with van der Waals surface area (Å²) in [7, 11) is 0. The quantitative estimate of drug-likeness (QED) is 0.332. The summed E-state index contributed by atoms with van der Waals surface area (Å²) in [5.74, 6) is 0. The SMILES string of the molecule is [CH-]=CC=C.[CH3-].[CH3-].[Ru+3]. The van der Waals surface area contributed by atoms with Crippen molar-refractivity contribution in [2.24, 2.45) is 0 Å². The Hall–Kier alpha value is 0.103. The van der Waals surface area contributed by atoms with E-state index in [0.29, 0.717) is 0 Å². The molecule has 0 nitrogen and oxygen atoms in total. The zero-order chi connectivity index (χ0) is 3.41. The average molecular weight is 184 g/mol. The molecule has 0 aliphatic carbocycles. The first-order valence-corrected chi connectivity index (χ1v) is 1.07. The minimum Gasteiger partial charge on any atom is -0.358 e. The fraction of sp³-hybridized carbons (Fsp3) is 0. The van der Waals surface area contributed by atoms with Crippen LogP contribution in [0.25, 0.3) is 0 Å². The van der Waals surface area contributed by atoms with Crippen molar-refractivity contribution >= 4 is 0 Å². The summed E-state index contributed by atoms with van der Waals surface area (Å²) in [5.41, 5.74) is 0. The third kappa shape index (κ3) is 84.4. The zero-order valence-corrected chi connectivity index (χ0v) is 6.53. The number of rotatable bonds is 1. The second-order valence-electron chi connectivity index (χ2n) is 0.428. The van der Waals surface area contributed by atoms with Crippen LogP contribution in [-0.4, -0.2) is 0 Å². The smallest absolute Gasteiger partial charge is 0.358 e. The summed E-state index contributed by atoms with van der Waals surface area (Å²) < 4.78 is 0.